The molecule has 3 rings (SSSR count). The topological polar surface area (TPSA) is 95.9 Å². The molecular formula is C18H15N3O3S. The van der Waals surface area contributed by atoms with Crippen LogP contribution in [0.4, 0.5) is 0 Å². The van der Waals surface area contributed by atoms with Gasteiger partial charge in [-0.1, -0.05) is 59.8 Å². The summed E-state index contributed by atoms with van der Waals surface area (Å²) in [5, 5.41) is 17.6. The van der Waals surface area contributed by atoms with Crippen LogP contribution in [0.1, 0.15) is 21.5 Å². The minimum Gasteiger partial charge on any atom is -0.478 e. The van der Waals surface area contributed by atoms with E-state index in [0.717, 1.165) is 5.56 Å². The van der Waals surface area contributed by atoms with E-state index in [1.165, 1.54) is 11.8 Å². The molecular weight excluding hydrogens is 338 g/mol. The Balaban J connectivity index is 1.79. The van der Waals surface area contributed by atoms with Crippen molar-refractivity contribution in [2.75, 3.05) is 0 Å². The van der Waals surface area contributed by atoms with E-state index in [-0.39, 0.29) is 16.8 Å². The summed E-state index contributed by atoms with van der Waals surface area (Å²) in [6.45, 7) is 1.97. The molecule has 0 atom stereocenters. The van der Waals surface area contributed by atoms with Crippen molar-refractivity contribution in [1.29, 1.82) is 0 Å². The van der Waals surface area contributed by atoms with Crippen molar-refractivity contribution in [3.8, 4) is 11.3 Å². The number of hydrogen-bond acceptors (Lipinski definition) is 5. The highest BCUT2D eigenvalue weighted by molar-refractivity contribution is 7.98. The van der Waals surface area contributed by atoms with Crippen molar-refractivity contribution < 1.29 is 9.90 Å². The zero-order valence-corrected chi connectivity index (χ0v) is 14.2. The third kappa shape index (κ3) is 3.95. The Labute approximate surface area is 148 Å². The molecule has 3 aromatic rings. The average molecular weight is 353 g/mol. The van der Waals surface area contributed by atoms with Crippen LogP contribution in [0.15, 0.2) is 58.5 Å². The largest absolute Gasteiger partial charge is 0.478 e. The molecule has 0 unspecified atom stereocenters. The monoisotopic (exact) mass is 353 g/mol. The van der Waals surface area contributed by atoms with Gasteiger partial charge >= 0.3 is 5.97 Å². The van der Waals surface area contributed by atoms with Crippen molar-refractivity contribution >= 4 is 17.7 Å². The Bertz CT molecular complexity index is 968. The molecule has 0 radical (unpaired) electrons. The number of aromatic amines is 1. The molecule has 0 saturated carbocycles. The maximum Gasteiger partial charge on any atom is 0.335 e. The summed E-state index contributed by atoms with van der Waals surface area (Å²) in [7, 11) is 0. The first kappa shape index (κ1) is 16.9. The number of aromatic nitrogens is 3. The zero-order valence-electron chi connectivity index (χ0n) is 13.4. The van der Waals surface area contributed by atoms with Crippen LogP contribution < -0.4 is 5.56 Å². The van der Waals surface area contributed by atoms with Crippen LogP contribution in [0.25, 0.3) is 11.3 Å². The summed E-state index contributed by atoms with van der Waals surface area (Å²) in [4.78, 5) is 26.2. The number of benzene rings is 2. The van der Waals surface area contributed by atoms with Crippen LogP contribution in [-0.2, 0) is 5.75 Å². The molecule has 126 valence electrons. The van der Waals surface area contributed by atoms with Gasteiger partial charge in [0.15, 0.2) is 10.9 Å². The van der Waals surface area contributed by atoms with Gasteiger partial charge < -0.3 is 5.11 Å². The molecule has 0 aliphatic carbocycles. The third-order valence-electron chi connectivity index (χ3n) is 3.61. The van der Waals surface area contributed by atoms with Crippen LogP contribution in [0.2, 0.25) is 0 Å². The number of rotatable bonds is 5. The third-order valence-corrected chi connectivity index (χ3v) is 4.53. The fourth-order valence-electron chi connectivity index (χ4n) is 2.29. The number of nitrogens with zero attached hydrogens (tertiary/aromatic N) is 2. The number of thioether (sulfide) groups is 1. The Hall–Kier alpha value is -2.93. The van der Waals surface area contributed by atoms with E-state index in [4.69, 9.17) is 0 Å². The van der Waals surface area contributed by atoms with Gasteiger partial charge in [-0.15, -0.1) is 10.2 Å². The van der Waals surface area contributed by atoms with E-state index >= 15 is 0 Å². The standard InChI is InChI=1S/C18H15N3O3S/c1-11-6-8-12(9-7-11)15-16(22)19-18(21-20-15)25-10-13-4-2-3-5-14(13)17(23)24/h2-9H,10H2,1H3,(H,23,24)(H,19,21,22). The Morgan fingerprint density at radius 2 is 1.84 bits per heavy atom. The van der Waals surface area contributed by atoms with E-state index < -0.39 is 5.97 Å². The normalized spacial score (nSPS) is 10.6. The molecule has 2 aromatic carbocycles. The van der Waals surface area contributed by atoms with Gasteiger partial charge in [-0.25, -0.2) is 4.79 Å². The van der Waals surface area contributed by atoms with Crippen LogP contribution in [-0.4, -0.2) is 26.3 Å². The lowest BCUT2D eigenvalue weighted by atomic mass is 10.1. The summed E-state index contributed by atoms with van der Waals surface area (Å²) in [5.74, 6) is -0.609. The van der Waals surface area contributed by atoms with Gasteiger partial charge in [0.2, 0.25) is 0 Å². The van der Waals surface area contributed by atoms with Gasteiger partial charge in [-0.2, -0.15) is 0 Å². The Morgan fingerprint density at radius 1 is 1.12 bits per heavy atom. The smallest absolute Gasteiger partial charge is 0.335 e. The van der Waals surface area contributed by atoms with Gasteiger partial charge in [0.1, 0.15) is 0 Å². The number of carbonyl (C=O) groups is 1. The van der Waals surface area contributed by atoms with Gasteiger partial charge in [0.25, 0.3) is 5.56 Å². The fourth-order valence-corrected chi connectivity index (χ4v) is 3.10. The van der Waals surface area contributed by atoms with E-state index in [0.29, 0.717) is 22.0 Å². The zero-order chi connectivity index (χ0) is 17.8. The molecule has 1 aromatic heterocycles. The minimum absolute atomic E-state index is 0.238. The molecule has 0 aliphatic heterocycles. The molecule has 0 bridgehead atoms. The molecule has 0 amide bonds. The summed E-state index contributed by atoms with van der Waals surface area (Å²) in [6.07, 6.45) is 0. The van der Waals surface area contributed by atoms with Crippen molar-refractivity contribution in [3.63, 3.8) is 0 Å². The summed E-state index contributed by atoms with van der Waals surface area (Å²) >= 11 is 1.23. The highest BCUT2D eigenvalue weighted by atomic mass is 32.2. The van der Waals surface area contributed by atoms with Crippen LogP contribution in [0.5, 0.6) is 0 Å². The number of H-pyrrole nitrogens is 1. The molecule has 0 fully saturated rings. The highest BCUT2D eigenvalue weighted by Gasteiger charge is 2.11. The van der Waals surface area contributed by atoms with Crippen molar-refractivity contribution in [2.24, 2.45) is 0 Å². The number of aromatic carboxylic acids is 1. The lowest BCUT2D eigenvalue weighted by Gasteiger charge is -2.05. The number of aryl methyl sites for hydroxylation is 1. The molecule has 7 heteroatoms. The Kier molecular flexibility index (Phi) is 4.95. The summed E-state index contributed by atoms with van der Waals surface area (Å²) in [5.41, 5.74) is 2.62. The summed E-state index contributed by atoms with van der Waals surface area (Å²) < 4.78 is 0. The number of nitrogens with one attached hydrogen (secondary N) is 1. The van der Waals surface area contributed by atoms with Gasteiger partial charge in [-0.3, -0.25) is 9.78 Å². The first-order valence-corrected chi connectivity index (χ1v) is 8.51. The van der Waals surface area contributed by atoms with Gasteiger partial charge in [-0.05, 0) is 18.6 Å². The quantitative estimate of drug-likeness (QED) is 0.684. The molecule has 25 heavy (non-hydrogen) atoms. The van der Waals surface area contributed by atoms with Crippen molar-refractivity contribution in [2.45, 2.75) is 17.8 Å². The van der Waals surface area contributed by atoms with Crippen LogP contribution in [0.3, 0.4) is 0 Å². The van der Waals surface area contributed by atoms with Crippen LogP contribution in [0, 0.1) is 6.92 Å². The van der Waals surface area contributed by atoms with Crippen molar-refractivity contribution in [1.82, 2.24) is 15.2 Å². The molecule has 0 aliphatic rings. The maximum atomic E-state index is 12.2. The number of carboxylic acid groups (broad SMARTS) is 1. The van der Waals surface area contributed by atoms with Crippen LogP contribution >= 0.6 is 11.8 Å². The average Bonchev–Trinajstić information content (AvgIpc) is 2.61. The maximum absolute atomic E-state index is 12.2. The number of hydrogen-bond donors (Lipinski definition) is 2. The first-order chi connectivity index (χ1) is 12.0. The lowest BCUT2D eigenvalue weighted by molar-refractivity contribution is 0.0696. The fraction of sp³-hybridized carbons (Fsp3) is 0.111. The second-order valence-electron chi connectivity index (χ2n) is 5.42. The highest BCUT2D eigenvalue weighted by Crippen LogP contribution is 2.21. The van der Waals surface area contributed by atoms with E-state index in [1.54, 1.807) is 24.3 Å². The van der Waals surface area contributed by atoms with Gasteiger partial charge in [0.05, 0.1) is 5.56 Å². The number of carboxylic acids is 1. The second-order valence-corrected chi connectivity index (χ2v) is 6.39. The molecule has 0 saturated heterocycles. The Morgan fingerprint density at radius 3 is 2.52 bits per heavy atom. The molecule has 6 nitrogen and oxygen atoms in total. The van der Waals surface area contributed by atoms with Crippen molar-refractivity contribution in [3.05, 3.63) is 75.6 Å². The molecule has 2 N–H and O–H groups in total. The van der Waals surface area contributed by atoms with E-state index in [2.05, 4.69) is 15.2 Å². The molecule has 0 spiro atoms. The predicted octanol–water partition coefficient (Wildman–Crippen LogP) is 3.13. The first-order valence-electron chi connectivity index (χ1n) is 7.52. The van der Waals surface area contributed by atoms with Gasteiger partial charge in [0, 0.05) is 11.3 Å². The lowest BCUT2D eigenvalue weighted by Crippen LogP contribution is -2.14. The molecule has 1 heterocycles. The SMILES string of the molecule is Cc1ccc(-c2nnc(SCc3ccccc3C(=O)O)[nH]c2=O)cc1. The second kappa shape index (κ2) is 7.31. The van der Waals surface area contributed by atoms with E-state index in [9.17, 15) is 14.7 Å². The minimum atomic E-state index is -0.981. The predicted molar refractivity (Wildman–Crippen MR) is 95.8 cm³/mol. The summed E-state index contributed by atoms with van der Waals surface area (Å²) in [6, 6.07) is 14.2. The van der Waals surface area contributed by atoms with E-state index in [1.807, 2.05) is 31.2 Å².